The van der Waals surface area contributed by atoms with Crippen molar-refractivity contribution in [3.05, 3.63) is 42.5 Å². The number of carbonyl (C=O) groups excluding carboxylic acids is 3. The van der Waals surface area contributed by atoms with Crippen molar-refractivity contribution in [3.63, 3.8) is 0 Å². The van der Waals surface area contributed by atoms with Crippen LogP contribution in [0.2, 0.25) is 0 Å². The number of carbonyl (C=O) groups is 3. The average Bonchev–Trinajstić information content (AvgIpc) is 2.84. The zero-order chi connectivity index (χ0) is 22.8. The Hall–Kier alpha value is -3.13. The highest BCUT2D eigenvalue weighted by Gasteiger charge is 2.24. The fourth-order valence-electron chi connectivity index (χ4n) is 3.83. The van der Waals surface area contributed by atoms with Crippen molar-refractivity contribution in [1.82, 2.24) is 15.3 Å². The first kappa shape index (κ1) is 23.5. The van der Waals surface area contributed by atoms with Gasteiger partial charge >= 0.3 is 0 Å². The van der Waals surface area contributed by atoms with E-state index in [0.29, 0.717) is 51.2 Å². The molecule has 0 spiro atoms. The van der Waals surface area contributed by atoms with Gasteiger partial charge in [0.15, 0.2) is 6.61 Å². The quantitative estimate of drug-likeness (QED) is 0.336. The normalized spacial score (nSPS) is 13.8. The van der Waals surface area contributed by atoms with Gasteiger partial charge in [0.1, 0.15) is 5.75 Å². The first-order valence-electron chi connectivity index (χ1n) is 11.2. The zero-order valence-electron chi connectivity index (χ0n) is 18.3. The predicted molar refractivity (Wildman–Crippen MR) is 120 cm³/mol. The highest BCUT2D eigenvalue weighted by atomic mass is 16.5. The Bertz CT molecular complexity index is 925. The lowest BCUT2D eigenvalue weighted by Crippen LogP contribution is -2.51. The van der Waals surface area contributed by atoms with Crippen molar-refractivity contribution in [1.29, 1.82) is 0 Å². The SMILES string of the molecule is O=C(CCCCCCC(=O)N1CCN(C(=O)COc2ccc3ccccc3c2)CC1)NO. The van der Waals surface area contributed by atoms with Gasteiger partial charge in [-0.3, -0.25) is 19.6 Å². The molecule has 0 unspecified atom stereocenters. The van der Waals surface area contributed by atoms with Crippen LogP contribution in [-0.4, -0.2) is 65.5 Å². The van der Waals surface area contributed by atoms with Gasteiger partial charge in [0.25, 0.3) is 5.91 Å². The maximum atomic E-state index is 12.5. The van der Waals surface area contributed by atoms with E-state index in [-0.39, 0.29) is 24.3 Å². The van der Waals surface area contributed by atoms with Crippen molar-refractivity contribution < 1.29 is 24.3 Å². The van der Waals surface area contributed by atoms with Crippen molar-refractivity contribution >= 4 is 28.5 Å². The molecule has 8 heteroatoms. The predicted octanol–water partition coefficient (Wildman–Crippen LogP) is 2.74. The molecule has 0 radical (unpaired) electrons. The van der Waals surface area contributed by atoms with E-state index in [2.05, 4.69) is 0 Å². The van der Waals surface area contributed by atoms with Crippen LogP contribution < -0.4 is 10.2 Å². The van der Waals surface area contributed by atoms with Gasteiger partial charge in [-0.1, -0.05) is 43.2 Å². The molecule has 3 rings (SSSR count). The Balaban J connectivity index is 1.32. The topological polar surface area (TPSA) is 99.2 Å². The molecular formula is C24H31N3O5. The number of hydrogen-bond acceptors (Lipinski definition) is 5. The molecule has 32 heavy (non-hydrogen) atoms. The van der Waals surface area contributed by atoms with Crippen LogP contribution in [0, 0.1) is 0 Å². The number of benzene rings is 2. The Morgan fingerprint density at radius 3 is 2.12 bits per heavy atom. The lowest BCUT2D eigenvalue weighted by molar-refractivity contribution is -0.140. The molecule has 172 valence electrons. The van der Waals surface area contributed by atoms with Crippen LogP contribution in [0.5, 0.6) is 5.75 Å². The summed E-state index contributed by atoms with van der Waals surface area (Å²) >= 11 is 0. The van der Waals surface area contributed by atoms with E-state index in [1.807, 2.05) is 47.4 Å². The van der Waals surface area contributed by atoms with Gasteiger partial charge in [-0.15, -0.1) is 0 Å². The third-order valence-corrected chi connectivity index (χ3v) is 5.74. The third kappa shape index (κ3) is 6.95. The molecular weight excluding hydrogens is 410 g/mol. The van der Waals surface area contributed by atoms with E-state index < -0.39 is 0 Å². The highest BCUT2D eigenvalue weighted by Crippen LogP contribution is 2.20. The lowest BCUT2D eigenvalue weighted by atomic mass is 10.1. The van der Waals surface area contributed by atoms with E-state index in [4.69, 9.17) is 9.94 Å². The van der Waals surface area contributed by atoms with E-state index in [0.717, 1.165) is 30.0 Å². The zero-order valence-corrected chi connectivity index (χ0v) is 18.3. The molecule has 0 aliphatic carbocycles. The standard InChI is InChI=1S/C24H31N3O5/c28-22(25-31)9-3-1-2-4-10-23(29)26-13-15-27(16-14-26)24(30)18-32-21-12-11-19-7-5-6-8-20(19)17-21/h5-8,11-12,17,31H,1-4,9-10,13-16,18H2,(H,25,28). The van der Waals surface area contributed by atoms with Gasteiger partial charge in [0.05, 0.1) is 0 Å². The Kier molecular flexibility index (Phi) is 8.86. The van der Waals surface area contributed by atoms with Gasteiger partial charge < -0.3 is 14.5 Å². The number of hydroxylamine groups is 1. The van der Waals surface area contributed by atoms with Crippen LogP contribution >= 0.6 is 0 Å². The molecule has 0 bridgehead atoms. The molecule has 1 saturated heterocycles. The number of ether oxygens (including phenoxy) is 1. The maximum absolute atomic E-state index is 12.5. The Morgan fingerprint density at radius 2 is 1.44 bits per heavy atom. The number of fused-ring (bicyclic) bond motifs is 1. The highest BCUT2D eigenvalue weighted by molar-refractivity contribution is 5.84. The second-order valence-electron chi connectivity index (χ2n) is 8.01. The molecule has 1 aliphatic rings. The molecule has 3 amide bonds. The summed E-state index contributed by atoms with van der Waals surface area (Å²) in [5.41, 5.74) is 1.62. The van der Waals surface area contributed by atoms with Gasteiger partial charge in [0, 0.05) is 39.0 Å². The van der Waals surface area contributed by atoms with Crippen LogP contribution in [0.3, 0.4) is 0 Å². The second-order valence-corrected chi connectivity index (χ2v) is 8.01. The number of nitrogens with zero attached hydrogens (tertiary/aromatic N) is 2. The Morgan fingerprint density at radius 1 is 0.812 bits per heavy atom. The van der Waals surface area contributed by atoms with Crippen LogP contribution in [0.25, 0.3) is 10.8 Å². The van der Waals surface area contributed by atoms with Crippen LogP contribution in [-0.2, 0) is 14.4 Å². The fourth-order valence-corrected chi connectivity index (χ4v) is 3.83. The minimum atomic E-state index is -0.379. The third-order valence-electron chi connectivity index (χ3n) is 5.74. The summed E-state index contributed by atoms with van der Waals surface area (Å²) < 4.78 is 5.70. The smallest absolute Gasteiger partial charge is 0.260 e. The van der Waals surface area contributed by atoms with Crippen LogP contribution in [0.4, 0.5) is 0 Å². The summed E-state index contributed by atoms with van der Waals surface area (Å²) in [4.78, 5) is 39.4. The van der Waals surface area contributed by atoms with E-state index in [1.165, 1.54) is 0 Å². The molecule has 0 atom stereocenters. The van der Waals surface area contributed by atoms with Crippen LogP contribution in [0.15, 0.2) is 42.5 Å². The summed E-state index contributed by atoms with van der Waals surface area (Å²) in [6, 6.07) is 13.8. The van der Waals surface area contributed by atoms with Crippen molar-refractivity contribution in [2.24, 2.45) is 0 Å². The maximum Gasteiger partial charge on any atom is 0.260 e. The molecule has 1 heterocycles. The molecule has 0 saturated carbocycles. The molecule has 8 nitrogen and oxygen atoms in total. The summed E-state index contributed by atoms with van der Waals surface area (Å²) in [5.74, 6) is 0.328. The van der Waals surface area contributed by atoms with E-state index in [1.54, 1.807) is 10.4 Å². The minimum absolute atomic E-state index is 0.0133. The summed E-state index contributed by atoms with van der Waals surface area (Å²) in [6.07, 6.45) is 3.96. The summed E-state index contributed by atoms with van der Waals surface area (Å²) in [5, 5.41) is 10.6. The number of rotatable bonds is 10. The van der Waals surface area contributed by atoms with Gasteiger partial charge in [-0.25, -0.2) is 5.48 Å². The molecule has 2 aromatic rings. The van der Waals surface area contributed by atoms with Gasteiger partial charge in [-0.05, 0) is 35.7 Å². The van der Waals surface area contributed by atoms with Crippen molar-refractivity contribution in [3.8, 4) is 5.75 Å². The number of piperazine rings is 1. The summed E-state index contributed by atoms with van der Waals surface area (Å²) in [6.45, 7) is 2.10. The largest absolute Gasteiger partial charge is 0.484 e. The minimum Gasteiger partial charge on any atom is -0.484 e. The fraction of sp³-hybridized carbons (Fsp3) is 0.458. The Labute approximate surface area is 188 Å². The number of unbranched alkanes of at least 4 members (excludes halogenated alkanes) is 3. The second kappa shape index (κ2) is 12.0. The van der Waals surface area contributed by atoms with E-state index in [9.17, 15) is 14.4 Å². The van der Waals surface area contributed by atoms with Gasteiger partial charge in [-0.2, -0.15) is 0 Å². The first-order valence-corrected chi connectivity index (χ1v) is 11.2. The van der Waals surface area contributed by atoms with Crippen molar-refractivity contribution in [2.75, 3.05) is 32.8 Å². The monoisotopic (exact) mass is 441 g/mol. The van der Waals surface area contributed by atoms with Crippen LogP contribution in [0.1, 0.15) is 38.5 Å². The first-order chi connectivity index (χ1) is 15.6. The molecule has 2 aromatic carbocycles. The summed E-state index contributed by atoms with van der Waals surface area (Å²) in [7, 11) is 0. The molecule has 1 fully saturated rings. The van der Waals surface area contributed by atoms with Crippen molar-refractivity contribution in [2.45, 2.75) is 38.5 Å². The number of amides is 3. The van der Waals surface area contributed by atoms with Gasteiger partial charge in [0.2, 0.25) is 11.8 Å². The molecule has 2 N–H and O–H groups in total. The number of nitrogens with one attached hydrogen (secondary N) is 1. The molecule has 1 aliphatic heterocycles. The molecule has 0 aromatic heterocycles. The number of hydrogen-bond donors (Lipinski definition) is 2. The average molecular weight is 442 g/mol. The lowest BCUT2D eigenvalue weighted by Gasteiger charge is -2.34. The van der Waals surface area contributed by atoms with E-state index >= 15 is 0 Å².